The third kappa shape index (κ3) is 3.81. The molecule has 6 nitrogen and oxygen atoms in total. The molecule has 0 spiro atoms. The molecule has 21 heavy (non-hydrogen) atoms. The molecular weight excluding hydrogens is 293 g/mol. The van der Waals surface area contributed by atoms with E-state index in [9.17, 15) is 22.8 Å². The molecule has 0 atom stereocenters. The number of aromatic nitrogens is 2. The fraction of sp³-hybridized carbons (Fsp3) is 0.0833. The number of carbonyl (C=O) groups is 1. The van der Waals surface area contributed by atoms with Crippen LogP contribution in [0.4, 0.5) is 13.2 Å². The van der Waals surface area contributed by atoms with E-state index in [0.29, 0.717) is 0 Å². The summed E-state index contributed by atoms with van der Waals surface area (Å²) in [6.07, 6.45) is -4.81. The molecule has 0 aliphatic rings. The van der Waals surface area contributed by atoms with Crippen molar-refractivity contribution in [2.45, 2.75) is 6.36 Å². The van der Waals surface area contributed by atoms with Crippen LogP contribution in [0.5, 0.6) is 5.75 Å². The second-order valence-electron chi connectivity index (χ2n) is 3.86. The van der Waals surface area contributed by atoms with E-state index < -0.39 is 23.8 Å². The number of nitrogens with one attached hydrogen (secondary N) is 1. The number of alkyl halides is 3. The zero-order valence-electron chi connectivity index (χ0n) is 10.1. The Bertz CT molecular complexity index is 723. The van der Waals surface area contributed by atoms with Gasteiger partial charge in [-0.1, -0.05) is 0 Å². The highest BCUT2D eigenvalue weighted by molar-refractivity contribution is 5.86. The Hall–Kier alpha value is -2.84. The Kier molecular flexibility index (Phi) is 3.66. The van der Waals surface area contributed by atoms with Gasteiger partial charge in [0.2, 0.25) is 0 Å². The van der Waals surface area contributed by atoms with Crippen LogP contribution in [0.15, 0.2) is 35.1 Å². The van der Waals surface area contributed by atoms with Crippen molar-refractivity contribution in [1.82, 2.24) is 9.97 Å². The Morgan fingerprint density at radius 2 is 1.86 bits per heavy atom. The first-order valence-corrected chi connectivity index (χ1v) is 5.45. The van der Waals surface area contributed by atoms with Crippen LogP contribution in [-0.4, -0.2) is 27.4 Å². The zero-order chi connectivity index (χ0) is 15.6. The summed E-state index contributed by atoms with van der Waals surface area (Å²) in [5.74, 6) is -1.79. The predicted octanol–water partition coefficient (Wildman–Crippen LogP) is 2.03. The van der Waals surface area contributed by atoms with E-state index in [2.05, 4.69) is 9.72 Å². The molecule has 0 aliphatic heterocycles. The molecule has 0 unspecified atom stereocenters. The van der Waals surface area contributed by atoms with Gasteiger partial charge in [-0.25, -0.2) is 9.59 Å². The maximum atomic E-state index is 12.0. The lowest BCUT2D eigenvalue weighted by atomic mass is 10.1. The van der Waals surface area contributed by atoms with E-state index >= 15 is 0 Å². The van der Waals surface area contributed by atoms with Crippen molar-refractivity contribution in [2.75, 3.05) is 0 Å². The summed E-state index contributed by atoms with van der Waals surface area (Å²) in [6.45, 7) is 0. The van der Waals surface area contributed by atoms with E-state index in [0.717, 1.165) is 18.2 Å². The fourth-order valence-corrected chi connectivity index (χ4v) is 1.55. The normalized spacial score (nSPS) is 11.2. The molecule has 0 saturated carbocycles. The molecule has 0 saturated heterocycles. The molecule has 2 rings (SSSR count). The summed E-state index contributed by atoms with van der Waals surface area (Å²) in [5, 5.41) is 8.81. The predicted molar refractivity (Wildman–Crippen MR) is 63.9 cm³/mol. The minimum Gasteiger partial charge on any atom is -0.477 e. The topological polar surface area (TPSA) is 92.3 Å². The summed E-state index contributed by atoms with van der Waals surface area (Å²) >= 11 is 0. The summed E-state index contributed by atoms with van der Waals surface area (Å²) in [5.41, 5.74) is -0.950. The van der Waals surface area contributed by atoms with Gasteiger partial charge in [-0.3, -0.25) is 4.98 Å². The second kappa shape index (κ2) is 5.27. The van der Waals surface area contributed by atoms with E-state index in [1.54, 1.807) is 0 Å². The maximum absolute atomic E-state index is 12.0. The minimum absolute atomic E-state index is 0.0229. The molecule has 2 N–H and O–H groups in total. The number of rotatable bonds is 3. The highest BCUT2D eigenvalue weighted by atomic mass is 19.4. The van der Waals surface area contributed by atoms with E-state index in [-0.39, 0.29) is 17.0 Å². The zero-order valence-corrected chi connectivity index (χ0v) is 10.1. The highest BCUT2D eigenvalue weighted by Crippen LogP contribution is 2.25. The van der Waals surface area contributed by atoms with Gasteiger partial charge in [-0.2, -0.15) is 4.98 Å². The van der Waals surface area contributed by atoms with Gasteiger partial charge in [0.1, 0.15) is 11.4 Å². The number of hydrogen-bond donors (Lipinski definition) is 2. The van der Waals surface area contributed by atoms with Crippen molar-refractivity contribution in [3.63, 3.8) is 0 Å². The van der Waals surface area contributed by atoms with Gasteiger partial charge in [0, 0.05) is 5.56 Å². The lowest BCUT2D eigenvalue weighted by Crippen LogP contribution is -2.17. The van der Waals surface area contributed by atoms with Gasteiger partial charge in [0.05, 0.1) is 5.69 Å². The molecule has 0 bridgehead atoms. The molecule has 2 aromatic rings. The number of nitrogens with zero attached hydrogens (tertiary/aromatic N) is 1. The van der Waals surface area contributed by atoms with Crippen molar-refractivity contribution < 1.29 is 27.8 Å². The van der Waals surface area contributed by atoms with E-state index in [1.165, 1.54) is 12.1 Å². The third-order valence-electron chi connectivity index (χ3n) is 2.36. The maximum Gasteiger partial charge on any atom is 0.573 e. The monoisotopic (exact) mass is 300 g/mol. The van der Waals surface area contributed by atoms with Crippen LogP contribution in [0, 0.1) is 0 Å². The molecule has 0 fully saturated rings. The number of carboxylic acid groups (broad SMARTS) is 1. The first-order chi connectivity index (χ1) is 9.74. The number of ether oxygens (including phenoxy) is 1. The Balaban J connectivity index is 2.35. The smallest absolute Gasteiger partial charge is 0.477 e. The largest absolute Gasteiger partial charge is 0.573 e. The van der Waals surface area contributed by atoms with Gasteiger partial charge in [-0.15, -0.1) is 13.2 Å². The summed E-state index contributed by atoms with van der Waals surface area (Å²) in [7, 11) is 0. The molecule has 9 heteroatoms. The third-order valence-corrected chi connectivity index (χ3v) is 2.36. The fourth-order valence-electron chi connectivity index (χ4n) is 1.55. The molecule has 0 aliphatic carbocycles. The Morgan fingerprint density at radius 3 is 2.38 bits per heavy atom. The SMILES string of the molecule is O=C(O)c1cc(-c2ccc(OC(F)(F)F)cc2)nc(=O)[nH]1. The average molecular weight is 300 g/mol. The van der Waals surface area contributed by atoms with Gasteiger partial charge in [-0.05, 0) is 30.3 Å². The van der Waals surface area contributed by atoms with Crippen LogP contribution in [0.3, 0.4) is 0 Å². The van der Waals surface area contributed by atoms with Crippen LogP contribution in [-0.2, 0) is 0 Å². The first-order valence-electron chi connectivity index (χ1n) is 5.45. The van der Waals surface area contributed by atoms with Crippen molar-refractivity contribution in [3.8, 4) is 17.0 Å². The van der Waals surface area contributed by atoms with Gasteiger partial charge in [0.25, 0.3) is 0 Å². The number of benzene rings is 1. The first kappa shape index (κ1) is 14.6. The minimum atomic E-state index is -4.81. The molecule has 1 aromatic carbocycles. The van der Waals surface area contributed by atoms with Crippen molar-refractivity contribution in [3.05, 3.63) is 46.5 Å². The number of aromatic carboxylic acids is 1. The van der Waals surface area contributed by atoms with Gasteiger partial charge >= 0.3 is 18.0 Å². The molecular formula is C12H7F3N2O4. The van der Waals surface area contributed by atoms with Crippen LogP contribution < -0.4 is 10.4 Å². The number of carboxylic acids is 1. The molecule has 1 aromatic heterocycles. The second-order valence-corrected chi connectivity index (χ2v) is 3.86. The lowest BCUT2D eigenvalue weighted by Gasteiger charge is -2.09. The lowest BCUT2D eigenvalue weighted by molar-refractivity contribution is -0.274. The van der Waals surface area contributed by atoms with Crippen molar-refractivity contribution >= 4 is 5.97 Å². The van der Waals surface area contributed by atoms with Crippen LogP contribution in [0.1, 0.15) is 10.5 Å². The van der Waals surface area contributed by atoms with Crippen molar-refractivity contribution in [1.29, 1.82) is 0 Å². The van der Waals surface area contributed by atoms with Crippen LogP contribution in [0.2, 0.25) is 0 Å². The van der Waals surface area contributed by atoms with Gasteiger partial charge < -0.3 is 9.84 Å². The molecule has 0 amide bonds. The standard InChI is InChI=1S/C12H7F3N2O4/c13-12(14,15)21-7-3-1-6(2-4-7)8-5-9(10(18)19)17-11(20)16-8/h1-5H,(H,18,19)(H,16,17,20). The highest BCUT2D eigenvalue weighted by Gasteiger charge is 2.30. The Morgan fingerprint density at radius 1 is 1.24 bits per heavy atom. The van der Waals surface area contributed by atoms with Gasteiger partial charge in [0.15, 0.2) is 0 Å². The Labute approximate surface area is 114 Å². The number of halogens is 3. The van der Waals surface area contributed by atoms with Crippen LogP contribution >= 0.6 is 0 Å². The molecule has 110 valence electrons. The number of aromatic amines is 1. The average Bonchev–Trinajstić information content (AvgIpc) is 2.37. The molecule has 0 radical (unpaired) electrons. The summed E-state index contributed by atoms with van der Waals surface area (Å²) in [6, 6.07) is 5.63. The summed E-state index contributed by atoms with van der Waals surface area (Å²) < 4.78 is 39.7. The number of H-pyrrole nitrogens is 1. The quantitative estimate of drug-likeness (QED) is 0.905. The molecule has 1 heterocycles. The van der Waals surface area contributed by atoms with Crippen LogP contribution in [0.25, 0.3) is 11.3 Å². The summed E-state index contributed by atoms with van der Waals surface area (Å²) in [4.78, 5) is 27.6. The van der Waals surface area contributed by atoms with Crippen molar-refractivity contribution in [2.24, 2.45) is 0 Å². The van der Waals surface area contributed by atoms with E-state index in [4.69, 9.17) is 5.11 Å². The number of hydrogen-bond acceptors (Lipinski definition) is 4. The van der Waals surface area contributed by atoms with E-state index in [1.807, 2.05) is 4.98 Å².